The lowest BCUT2D eigenvalue weighted by molar-refractivity contribution is -0.132. The molecule has 0 atom stereocenters. The molecular formula is C16H17N5O. The minimum atomic E-state index is 0.136. The number of rotatable bonds is 2. The van der Waals surface area contributed by atoms with Gasteiger partial charge in [0, 0.05) is 30.2 Å². The third-order valence-electron chi connectivity index (χ3n) is 4.31. The predicted molar refractivity (Wildman–Crippen MR) is 82.2 cm³/mol. The smallest absolute Gasteiger partial charge is 0.227 e. The molecule has 0 saturated heterocycles. The molecule has 3 heterocycles. The molecule has 1 aliphatic rings. The van der Waals surface area contributed by atoms with Crippen LogP contribution in [0.3, 0.4) is 0 Å². The van der Waals surface area contributed by atoms with Gasteiger partial charge < -0.3 is 14.5 Å². The number of aryl methyl sites for hydroxylation is 1. The molecule has 6 nitrogen and oxygen atoms in total. The summed E-state index contributed by atoms with van der Waals surface area (Å²) in [6.45, 7) is 3.98. The molecule has 0 radical (unpaired) electrons. The summed E-state index contributed by atoms with van der Waals surface area (Å²) >= 11 is 0. The van der Waals surface area contributed by atoms with Gasteiger partial charge in [-0.3, -0.25) is 4.79 Å². The zero-order valence-corrected chi connectivity index (χ0v) is 12.4. The Morgan fingerprint density at radius 1 is 1.27 bits per heavy atom. The van der Waals surface area contributed by atoms with Gasteiger partial charge in [-0.1, -0.05) is 18.2 Å². The molecule has 112 valence electrons. The summed E-state index contributed by atoms with van der Waals surface area (Å²) in [5, 5.41) is 9.34. The third kappa shape index (κ3) is 2.07. The molecule has 3 aromatic rings. The van der Waals surface area contributed by atoms with Crippen LogP contribution in [0, 0.1) is 6.92 Å². The van der Waals surface area contributed by atoms with Gasteiger partial charge in [0.1, 0.15) is 5.82 Å². The Labute approximate surface area is 127 Å². The van der Waals surface area contributed by atoms with Crippen LogP contribution in [-0.4, -0.2) is 37.1 Å². The lowest BCUT2D eigenvalue weighted by atomic mass is 10.1. The van der Waals surface area contributed by atoms with Crippen molar-refractivity contribution in [1.82, 2.24) is 24.6 Å². The van der Waals surface area contributed by atoms with E-state index in [1.54, 1.807) is 0 Å². The summed E-state index contributed by atoms with van der Waals surface area (Å²) in [5.74, 6) is 1.92. The Kier molecular flexibility index (Phi) is 2.96. The SMILES string of the molecule is Cc1nnc2n1CCN(C(=O)Cc1c[nH]c3ccccc13)C2. The highest BCUT2D eigenvalue weighted by molar-refractivity contribution is 5.88. The monoisotopic (exact) mass is 295 g/mol. The van der Waals surface area contributed by atoms with Crippen molar-refractivity contribution < 1.29 is 4.79 Å². The first-order chi connectivity index (χ1) is 10.7. The molecule has 0 spiro atoms. The maximum atomic E-state index is 12.6. The number of hydrogen-bond donors (Lipinski definition) is 1. The number of carbonyl (C=O) groups is 1. The van der Waals surface area contributed by atoms with Crippen LogP contribution >= 0.6 is 0 Å². The van der Waals surface area contributed by atoms with Gasteiger partial charge in [0.2, 0.25) is 5.91 Å². The van der Waals surface area contributed by atoms with Crippen molar-refractivity contribution >= 4 is 16.8 Å². The van der Waals surface area contributed by atoms with E-state index in [1.807, 2.05) is 42.3 Å². The molecule has 0 bridgehead atoms. The number of H-pyrrole nitrogens is 1. The summed E-state index contributed by atoms with van der Waals surface area (Å²) in [7, 11) is 0. The zero-order chi connectivity index (χ0) is 15.1. The Morgan fingerprint density at radius 2 is 2.14 bits per heavy atom. The van der Waals surface area contributed by atoms with Crippen molar-refractivity contribution in [3.63, 3.8) is 0 Å². The number of aromatic amines is 1. The maximum Gasteiger partial charge on any atom is 0.227 e. The molecular weight excluding hydrogens is 278 g/mol. The number of nitrogens with zero attached hydrogens (tertiary/aromatic N) is 4. The van der Waals surface area contributed by atoms with Crippen LogP contribution in [0.25, 0.3) is 10.9 Å². The number of carbonyl (C=O) groups excluding carboxylic acids is 1. The lowest BCUT2D eigenvalue weighted by Crippen LogP contribution is -2.39. The summed E-state index contributed by atoms with van der Waals surface area (Å²) in [6, 6.07) is 8.06. The van der Waals surface area contributed by atoms with Gasteiger partial charge in [0.15, 0.2) is 5.82 Å². The molecule has 0 unspecified atom stereocenters. The fourth-order valence-electron chi connectivity index (χ4n) is 3.07. The maximum absolute atomic E-state index is 12.6. The van der Waals surface area contributed by atoms with E-state index in [0.717, 1.165) is 34.7 Å². The Bertz CT molecular complexity index is 847. The average molecular weight is 295 g/mol. The average Bonchev–Trinajstić information content (AvgIpc) is 3.12. The second kappa shape index (κ2) is 4.98. The van der Waals surface area contributed by atoms with E-state index >= 15 is 0 Å². The zero-order valence-electron chi connectivity index (χ0n) is 12.4. The molecule has 0 saturated carbocycles. The fourth-order valence-corrected chi connectivity index (χ4v) is 3.07. The number of benzene rings is 1. The topological polar surface area (TPSA) is 66.8 Å². The van der Waals surface area contributed by atoms with Crippen LogP contribution in [-0.2, 0) is 24.3 Å². The van der Waals surface area contributed by atoms with Crippen molar-refractivity contribution in [2.24, 2.45) is 0 Å². The van der Waals surface area contributed by atoms with Crippen LogP contribution in [0.4, 0.5) is 0 Å². The summed E-state index contributed by atoms with van der Waals surface area (Å²) in [5.41, 5.74) is 2.11. The number of aromatic nitrogens is 4. The molecule has 6 heteroatoms. The molecule has 1 aromatic carbocycles. The second-order valence-electron chi connectivity index (χ2n) is 5.67. The lowest BCUT2D eigenvalue weighted by Gasteiger charge is -2.27. The van der Waals surface area contributed by atoms with Crippen LogP contribution in [0.5, 0.6) is 0 Å². The Hall–Kier alpha value is -2.63. The quantitative estimate of drug-likeness (QED) is 0.782. The van der Waals surface area contributed by atoms with Crippen LogP contribution in [0.15, 0.2) is 30.5 Å². The molecule has 2 aromatic heterocycles. The van der Waals surface area contributed by atoms with Crippen molar-refractivity contribution in [2.75, 3.05) is 6.54 Å². The minimum absolute atomic E-state index is 0.136. The van der Waals surface area contributed by atoms with Gasteiger partial charge in [0.25, 0.3) is 0 Å². The normalized spacial score (nSPS) is 14.3. The number of amides is 1. The van der Waals surface area contributed by atoms with Crippen molar-refractivity contribution in [1.29, 1.82) is 0 Å². The van der Waals surface area contributed by atoms with Gasteiger partial charge in [-0.2, -0.15) is 0 Å². The summed E-state index contributed by atoms with van der Waals surface area (Å²) in [6.07, 6.45) is 2.34. The first kappa shape index (κ1) is 13.1. The molecule has 0 fully saturated rings. The minimum Gasteiger partial charge on any atom is -0.361 e. The van der Waals surface area contributed by atoms with Crippen molar-refractivity contribution in [3.8, 4) is 0 Å². The van der Waals surface area contributed by atoms with E-state index in [1.165, 1.54) is 0 Å². The first-order valence-electron chi connectivity index (χ1n) is 7.44. The number of fused-ring (bicyclic) bond motifs is 2. The van der Waals surface area contributed by atoms with Crippen LogP contribution in [0.2, 0.25) is 0 Å². The van der Waals surface area contributed by atoms with E-state index in [2.05, 4.69) is 19.7 Å². The van der Waals surface area contributed by atoms with Crippen molar-refractivity contribution in [3.05, 3.63) is 47.7 Å². The molecule has 4 rings (SSSR count). The standard InChI is InChI=1S/C16H17N5O/c1-11-18-19-15-10-20(6-7-21(11)15)16(22)8-12-9-17-14-5-3-2-4-13(12)14/h2-5,9,17H,6-8,10H2,1H3. The van der Waals surface area contributed by atoms with Crippen LogP contribution in [0.1, 0.15) is 17.2 Å². The molecule has 1 aliphatic heterocycles. The molecule has 1 N–H and O–H groups in total. The highest BCUT2D eigenvalue weighted by Gasteiger charge is 2.23. The number of hydrogen-bond acceptors (Lipinski definition) is 3. The number of para-hydroxylation sites is 1. The van der Waals surface area contributed by atoms with E-state index in [9.17, 15) is 4.79 Å². The van der Waals surface area contributed by atoms with Crippen molar-refractivity contribution in [2.45, 2.75) is 26.4 Å². The van der Waals surface area contributed by atoms with Gasteiger partial charge in [-0.25, -0.2) is 0 Å². The largest absolute Gasteiger partial charge is 0.361 e. The van der Waals surface area contributed by atoms with Gasteiger partial charge >= 0.3 is 0 Å². The molecule has 22 heavy (non-hydrogen) atoms. The fraction of sp³-hybridized carbons (Fsp3) is 0.312. The van der Waals surface area contributed by atoms with Crippen LogP contribution < -0.4 is 0 Å². The van der Waals surface area contributed by atoms with Gasteiger partial charge in [-0.15, -0.1) is 10.2 Å². The third-order valence-corrected chi connectivity index (χ3v) is 4.31. The van der Waals surface area contributed by atoms with Gasteiger partial charge in [0.05, 0.1) is 13.0 Å². The first-order valence-corrected chi connectivity index (χ1v) is 7.44. The Balaban J connectivity index is 1.53. The second-order valence-corrected chi connectivity index (χ2v) is 5.67. The summed E-state index contributed by atoms with van der Waals surface area (Å²) in [4.78, 5) is 17.7. The van der Waals surface area contributed by atoms with E-state index < -0.39 is 0 Å². The predicted octanol–water partition coefficient (Wildman–Crippen LogP) is 1.65. The molecule has 0 aliphatic carbocycles. The van der Waals surface area contributed by atoms with E-state index in [-0.39, 0.29) is 5.91 Å². The highest BCUT2D eigenvalue weighted by atomic mass is 16.2. The Morgan fingerprint density at radius 3 is 3.05 bits per heavy atom. The summed E-state index contributed by atoms with van der Waals surface area (Å²) < 4.78 is 2.08. The van der Waals surface area contributed by atoms with Gasteiger partial charge in [-0.05, 0) is 18.6 Å². The number of nitrogens with one attached hydrogen (secondary N) is 1. The molecule has 1 amide bonds. The van der Waals surface area contributed by atoms with E-state index in [0.29, 0.717) is 19.5 Å². The van der Waals surface area contributed by atoms with E-state index in [4.69, 9.17) is 0 Å². The highest BCUT2D eigenvalue weighted by Crippen LogP contribution is 2.20.